The highest BCUT2D eigenvalue weighted by molar-refractivity contribution is 7.84. The number of halogens is 1. The molecule has 0 radical (unpaired) electrons. The summed E-state index contributed by atoms with van der Waals surface area (Å²) in [6.07, 6.45) is 2.23. The molecule has 1 aromatic carbocycles. The summed E-state index contributed by atoms with van der Waals surface area (Å²) in [6.45, 7) is 3.62. The molecule has 0 spiro atoms. The van der Waals surface area contributed by atoms with Crippen LogP contribution >= 0.6 is 0 Å². The third kappa shape index (κ3) is 4.56. The van der Waals surface area contributed by atoms with E-state index in [0.717, 1.165) is 5.56 Å². The molecular weight excluding hydrogens is 253 g/mol. The maximum atomic E-state index is 13.5. The molecule has 1 N–H and O–H groups in total. The number of amides is 1. The molecule has 0 bridgehead atoms. The van der Waals surface area contributed by atoms with E-state index in [2.05, 4.69) is 5.32 Å². The van der Waals surface area contributed by atoms with Gasteiger partial charge in [0.25, 0.3) is 5.91 Å². The molecule has 1 aromatic rings. The largest absolute Gasteiger partial charge is 0.349 e. The van der Waals surface area contributed by atoms with Gasteiger partial charge in [0.05, 0.1) is 5.56 Å². The van der Waals surface area contributed by atoms with Crippen LogP contribution in [0.1, 0.15) is 29.3 Å². The highest BCUT2D eigenvalue weighted by atomic mass is 32.2. The van der Waals surface area contributed by atoms with E-state index in [9.17, 15) is 13.4 Å². The predicted molar refractivity (Wildman–Crippen MR) is 71.6 cm³/mol. The molecule has 0 saturated carbocycles. The minimum atomic E-state index is -0.879. The van der Waals surface area contributed by atoms with Crippen molar-refractivity contribution < 1.29 is 13.4 Å². The van der Waals surface area contributed by atoms with E-state index >= 15 is 0 Å². The second-order valence-corrected chi connectivity index (χ2v) is 5.98. The van der Waals surface area contributed by atoms with Crippen LogP contribution < -0.4 is 5.32 Å². The van der Waals surface area contributed by atoms with Crippen molar-refractivity contribution in [3.8, 4) is 0 Å². The molecule has 1 amide bonds. The van der Waals surface area contributed by atoms with Gasteiger partial charge in [-0.05, 0) is 32.4 Å². The second-order valence-electron chi connectivity index (χ2n) is 4.42. The van der Waals surface area contributed by atoms with E-state index < -0.39 is 22.5 Å². The molecule has 0 saturated heterocycles. The van der Waals surface area contributed by atoms with Gasteiger partial charge in [0, 0.05) is 28.9 Å². The fourth-order valence-electron chi connectivity index (χ4n) is 1.53. The molecule has 100 valence electrons. The third-order valence-corrected chi connectivity index (χ3v) is 3.39. The Morgan fingerprint density at radius 1 is 1.50 bits per heavy atom. The van der Waals surface area contributed by atoms with Gasteiger partial charge < -0.3 is 5.32 Å². The Morgan fingerprint density at radius 3 is 2.78 bits per heavy atom. The summed E-state index contributed by atoms with van der Waals surface area (Å²) in [6, 6.07) is 4.31. The van der Waals surface area contributed by atoms with E-state index in [1.807, 2.05) is 6.92 Å². The molecule has 0 aliphatic rings. The van der Waals surface area contributed by atoms with Gasteiger partial charge in [-0.15, -0.1) is 0 Å². The van der Waals surface area contributed by atoms with Crippen LogP contribution in [0.4, 0.5) is 4.39 Å². The first-order valence-corrected chi connectivity index (χ1v) is 7.50. The predicted octanol–water partition coefficient (Wildman–Crippen LogP) is 2.02. The summed E-state index contributed by atoms with van der Waals surface area (Å²) in [4.78, 5) is 11.8. The van der Waals surface area contributed by atoms with Crippen LogP contribution in [-0.2, 0) is 10.8 Å². The van der Waals surface area contributed by atoms with Gasteiger partial charge in [-0.1, -0.05) is 11.6 Å². The summed E-state index contributed by atoms with van der Waals surface area (Å²) in [5.41, 5.74) is 0.892. The summed E-state index contributed by atoms with van der Waals surface area (Å²) >= 11 is 0. The van der Waals surface area contributed by atoms with Crippen molar-refractivity contribution in [3.63, 3.8) is 0 Å². The number of benzene rings is 1. The van der Waals surface area contributed by atoms with Crippen LogP contribution in [0.3, 0.4) is 0 Å². The average molecular weight is 271 g/mol. The van der Waals surface area contributed by atoms with Gasteiger partial charge in [0.15, 0.2) is 0 Å². The SMILES string of the molecule is Cc1ccc(F)c(C(=O)NC(C)CCS(C)=O)c1. The molecule has 2 atom stereocenters. The lowest BCUT2D eigenvalue weighted by Gasteiger charge is -2.13. The first-order valence-electron chi connectivity index (χ1n) is 5.77. The smallest absolute Gasteiger partial charge is 0.254 e. The van der Waals surface area contributed by atoms with Crippen LogP contribution in [-0.4, -0.2) is 28.2 Å². The number of hydrogen-bond acceptors (Lipinski definition) is 2. The molecular formula is C13H18FNO2S. The van der Waals surface area contributed by atoms with E-state index in [0.29, 0.717) is 12.2 Å². The number of rotatable bonds is 5. The molecule has 0 heterocycles. The lowest BCUT2D eigenvalue weighted by molar-refractivity contribution is 0.0935. The van der Waals surface area contributed by atoms with Gasteiger partial charge in [0.2, 0.25) is 0 Å². The molecule has 1 rings (SSSR count). The van der Waals surface area contributed by atoms with E-state index in [1.165, 1.54) is 12.1 Å². The normalized spacial score (nSPS) is 14.0. The zero-order chi connectivity index (χ0) is 13.7. The number of hydrogen-bond donors (Lipinski definition) is 1. The van der Waals surface area contributed by atoms with Gasteiger partial charge in [-0.25, -0.2) is 4.39 Å². The molecule has 18 heavy (non-hydrogen) atoms. The number of carbonyl (C=O) groups excluding carboxylic acids is 1. The Balaban J connectivity index is 2.64. The molecule has 0 aliphatic carbocycles. The van der Waals surface area contributed by atoms with Crippen LogP contribution in [0, 0.1) is 12.7 Å². The lowest BCUT2D eigenvalue weighted by atomic mass is 10.1. The van der Waals surface area contributed by atoms with Crippen molar-refractivity contribution in [2.75, 3.05) is 12.0 Å². The second kappa shape index (κ2) is 6.64. The highest BCUT2D eigenvalue weighted by Crippen LogP contribution is 2.10. The summed E-state index contributed by atoms with van der Waals surface area (Å²) in [5.74, 6) is -0.424. The minimum absolute atomic E-state index is 0.0551. The van der Waals surface area contributed by atoms with Gasteiger partial charge >= 0.3 is 0 Å². The van der Waals surface area contributed by atoms with E-state index in [1.54, 1.807) is 19.2 Å². The monoisotopic (exact) mass is 271 g/mol. The summed E-state index contributed by atoms with van der Waals surface area (Å²) in [7, 11) is -0.879. The summed E-state index contributed by atoms with van der Waals surface area (Å²) in [5, 5.41) is 2.71. The standard InChI is InChI=1S/C13H18FNO2S/c1-9-4-5-12(14)11(8-9)13(16)15-10(2)6-7-18(3)17/h4-5,8,10H,6-7H2,1-3H3,(H,15,16). The molecule has 0 aliphatic heterocycles. The Morgan fingerprint density at radius 2 is 2.17 bits per heavy atom. The van der Waals surface area contributed by atoms with E-state index in [4.69, 9.17) is 0 Å². The first-order chi connectivity index (χ1) is 8.40. The maximum absolute atomic E-state index is 13.5. The molecule has 3 nitrogen and oxygen atoms in total. The average Bonchev–Trinajstić information content (AvgIpc) is 2.29. The number of aryl methyl sites for hydroxylation is 1. The molecule has 0 fully saturated rings. The Hall–Kier alpha value is -1.23. The number of carbonyl (C=O) groups is 1. The van der Waals surface area contributed by atoms with Gasteiger partial charge in [-0.3, -0.25) is 9.00 Å². The van der Waals surface area contributed by atoms with Gasteiger partial charge in [0.1, 0.15) is 5.82 Å². The Kier molecular flexibility index (Phi) is 5.47. The molecule has 0 aromatic heterocycles. The molecule has 5 heteroatoms. The van der Waals surface area contributed by atoms with Crippen molar-refractivity contribution >= 4 is 16.7 Å². The Labute approximate surface area is 109 Å². The van der Waals surface area contributed by atoms with Crippen molar-refractivity contribution in [2.45, 2.75) is 26.3 Å². The minimum Gasteiger partial charge on any atom is -0.349 e. The Bertz CT molecular complexity index is 462. The highest BCUT2D eigenvalue weighted by Gasteiger charge is 2.14. The van der Waals surface area contributed by atoms with Crippen LogP contribution in [0.5, 0.6) is 0 Å². The van der Waals surface area contributed by atoms with E-state index in [-0.39, 0.29) is 11.6 Å². The topological polar surface area (TPSA) is 46.2 Å². The maximum Gasteiger partial charge on any atom is 0.254 e. The van der Waals surface area contributed by atoms with Crippen LogP contribution in [0.15, 0.2) is 18.2 Å². The van der Waals surface area contributed by atoms with Crippen LogP contribution in [0.25, 0.3) is 0 Å². The zero-order valence-electron chi connectivity index (χ0n) is 10.8. The van der Waals surface area contributed by atoms with Crippen molar-refractivity contribution in [1.82, 2.24) is 5.32 Å². The number of nitrogens with one attached hydrogen (secondary N) is 1. The fourth-order valence-corrected chi connectivity index (χ4v) is 2.22. The van der Waals surface area contributed by atoms with Crippen LogP contribution in [0.2, 0.25) is 0 Å². The third-order valence-electron chi connectivity index (χ3n) is 2.58. The van der Waals surface area contributed by atoms with Crippen molar-refractivity contribution in [1.29, 1.82) is 0 Å². The quantitative estimate of drug-likeness (QED) is 0.890. The fraction of sp³-hybridized carbons (Fsp3) is 0.462. The van der Waals surface area contributed by atoms with Crippen molar-refractivity contribution in [3.05, 3.63) is 35.1 Å². The first kappa shape index (κ1) is 14.8. The van der Waals surface area contributed by atoms with Crippen molar-refractivity contribution in [2.24, 2.45) is 0 Å². The lowest BCUT2D eigenvalue weighted by Crippen LogP contribution is -2.34. The summed E-state index contributed by atoms with van der Waals surface area (Å²) < 4.78 is 24.4. The zero-order valence-corrected chi connectivity index (χ0v) is 11.6. The van der Waals surface area contributed by atoms with Gasteiger partial charge in [-0.2, -0.15) is 0 Å². The molecule has 2 unspecified atom stereocenters.